The Morgan fingerprint density at radius 2 is 2.00 bits per heavy atom. The Bertz CT molecular complexity index is 1090. The fourth-order valence-corrected chi connectivity index (χ4v) is 4.11. The SMILES string of the molecule is C=C1c2c(nc(C3=CCCC(OC(F)F)=C3)n2Cc2ccccc2)N(C)C(=O)N1CCC. The molecule has 0 N–H and O–H groups in total. The zero-order chi connectivity index (χ0) is 22.8. The topological polar surface area (TPSA) is 50.6 Å². The summed E-state index contributed by atoms with van der Waals surface area (Å²) < 4.78 is 32.3. The summed E-state index contributed by atoms with van der Waals surface area (Å²) >= 11 is 0. The first-order valence-corrected chi connectivity index (χ1v) is 10.7. The molecule has 6 nitrogen and oxygen atoms in total. The van der Waals surface area contributed by atoms with Gasteiger partial charge in [-0.3, -0.25) is 9.80 Å². The predicted molar refractivity (Wildman–Crippen MR) is 120 cm³/mol. The fraction of sp³-hybridized carbons (Fsp3) is 0.333. The summed E-state index contributed by atoms with van der Waals surface area (Å²) in [4.78, 5) is 20.9. The second-order valence-corrected chi connectivity index (χ2v) is 7.81. The van der Waals surface area contributed by atoms with E-state index < -0.39 is 6.61 Å². The minimum absolute atomic E-state index is 0.185. The van der Waals surface area contributed by atoms with Crippen LogP contribution in [-0.2, 0) is 11.3 Å². The number of alkyl halides is 2. The van der Waals surface area contributed by atoms with Crippen LogP contribution >= 0.6 is 0 Å². The number of rotatable bonds is 7. The third-order valence-corrected chi connectivity index (χ3v) is 5.58. The van der Waals surface area contributed by atoms with Crippen molar-refractivity contribution in [1.29, 1.82) is 0 Å². The van der Waals surface area contributed by atoms with Crippen LogP contribution in [0, 0.1) is 0 Å². The lowest BCUT2D eigenvalue weighted by molar-refractivity contribution is -0.0983. The molecule has 0 unspecified atom stereocenters. The van der Waals surface area contributed by atoms with Crippen LogP contribution in [0.1, 0.15) is 43.3 Å². The molecule has 168 valence electrons. The van der Waals surface area contributed by atoms with Gasteiger partial charge in [-0.1, -0.05) is 49.9 Å². The maximum atomic E-state index is 12.9. The monoisotopic (exact) mass is 440 g/mol. The number of halogens is 2. The Morgan fingerprint density at radius 1 is 1.25 bits per heavy atom. The van der Waals surface area contributed by atoms with Gasteiger partial charge in [-0.05, 0) is 24.5 Å². The van der Waals surface area contributed by atoms with E-state index in [0.717, 1.165) is 17.7 Å². The van der Waals surface area contributed by atoms with Crippen LogP contribution in [-0.4, -0.2) is 40.7 Å². The molecule has 4 rings (SSSR count). The number of urea groups is 1. The molecule has 0 saturated carbocycles. The van der Waals surface area contributed by atoms with Crippen molar-refractivity contribution in [3.63, 3.8) is 0 Å². The van der Waals surface area contributed by atoms with E-state index in [2.05, 4.69) is 11.3 Å². The van der Waals surface area contributed by atoms with Crippen molar-refractivity contribution in [2.45, 2.75) is 39.3 Å². The van der Waals surface area contributed by atoms with Gasteiger partial charge in [-0.25, -0.2) is 9.78 Å². The number of carbonyl (C=O) groups is 1. The molecule has 2 aromatic rings. The number of allylic oxidation sites excluding steroid dienone is 4. The van der Waals surface area contributed by atoms with Gasteiger partial charge in [0.1, 0.15) is 17.3 Å². The van der Waals surface area contributed by atoms with Crippen LogP contribution in [0.3, 0.4) is 0 Å². The first-order chi connectivity index (χ1) is 15.4. The summed E-state index contributed by atoms with van der Waals surface area (Å²) in [5.74, 6) is 1.32. The molecule has 1 aromatic heterocycles. The van der Waals surface area contributed by atoms with Crippen molar-refractivity contribution in [3.05, 3.63) is 71.9 Å². The van der Waals surface area contributed by atoms with Crippen molar-refractivity contribution in [1.82, 2.24) is 14.5 Å². The minimum atomic E-state index is -2.87. The number of benzene rings is 1. The maximum absolute atomic E-state index is 12.9. The summed E-state index contributed by atoms with van der Waals surface area (Å²) in [6.45, 7) is 4.39. The van der Waals surface area contributed by atoms with Crippen molar-refractivity contribution in [2.75, 3.05) is 18.5 Å². The second-order valence-electron chi connectivity index (χ2n) is 7.81. The average Bonchev–Trinajstić information content (AvgIpc) is 3.15. The summed E-state index contributed by atoms with van der Waals surface area (Å²) in [5.41, 5.74) is 3.07. The van der Waals surface area contributed by atoms with Gasteiger partial charge in [0.05, 0.1) is 5.70 Å². The van der Waals surface area contributed by atoms with E-state index in [-0.39, 0.29) is 11.8 Å². The van der Waals surface area contributed by atoms with E-state index in [9.17, 15) is 13.6 Å². The first-order valence-electron chi connectivity index (χ1n) is 10.7. The number of nitrogens with zero attached hydrogens (tertiary/aromatic N) is 4. The molecule has 0 saturated heterocycles. The Labute approximate surface area is 186 Å². The van der Waals surface area contributed by atoms with Crippen molar-refractivity contribution in [2.24, 2.45) is 0 Å². The highest BCUT2D eigenvalue weighted by Gasteiger charge is 2.36. The van der Waals surface area contributed by atoms with Crippen molar-refractivity contribution < 1.29 is 18.3 Å². The van der Waals surface area contributed by atoms with Crippen molar-refractivity contribution >= 4 is 23.1 Å². The normalized spacial score (nSPS) is 16.3. The average molecular weight is 440 g/mol. The molecule has 1 aromatic carbocycles. The number of aromatic nitrogens is 2. The van der Waals surface area contributed by atoms with Gasteiger partial charge >= 0.3 is 12.6 Å². The molecule has 0 bridgehead atoms. The van der Waals surface area contributed by atoms with Crippen molar-refractivity contribution in [3.8, 4) is 0 Å². The molecular formula is C24H26F2N4O2. The Hall–Kier alpha value is -3.42. The fourth-order valence-electron chi connectivity index (χ4n) is 4.11. The molecule has 2 aliphatic rings. The smallest absolute Gasteiger partial charge is 0.387 e. The van der Waals surface area contributed by atoms with Gasteiger partial charge in [0.15, 0.2) is 5.82 Å². The number of fused-ring (bicyclic) bond motifs is 1. The van der Waals surface area contributed by atoms with Gasteiger partial charge in [-0.15, -0.1) is 0 Å². The number of amides is 2. The number of imidazole rings is 1. The maximum Gasteiger partial charge on any atom is 0.387 e. The van der Waals surface area contributed by atoms with Gasteiger partial charge in [0, 0.05) is 32.1 Å². The quantitative estimate of drug-likeness (QED) is 0.573. The number of hydrogen-bond acceptors (Lipinski definition) is 3. The highest BCUT2D eigenvalue weighted by molar-refractivity contribution is 6.02. The molecule has 0 spiro atoms. The number of anilines is 1. The molecule has 32 heavy (non-hydrogen) atoms. The van der Waals surface area contributed by atoms with Gasteiger partial charge < -0.3 is 9.30 Å². The lowest BCUT2D eigenvalue weighted by Gasteiger charge is -2.34. The van der Waals surface area contributed by atoms with E-state index in [4.69, 9.17) is 4.98 Å². The molecule has 1 aliphatic carbocycles. The van der Waals surface area contributed by atoms with Gasteiger partial charge in [0.2, 0.25) is 0 Å². The van der Waals surface area contributed by atoms with E-state index in [1.807, 2.05) is 47.9 Å². The predicted octanol–water partition coefficient (Wildman–Crippen LogP) is 5.48. The molecule has 0 radical (unpaired) electrons. The number of hydrogen-bond donors (Lipinski definition) is 0. The molecule has 2 amide bonds. The minimum Gasteiger partial charge on any atom is -0.439 e. The van der Waals surface area contributed by atoms with E-state index in [1.165, 1.54) is 4.90 Å². The van der Waals surface area contributed by atoms with E-state index in [1.54, 1.807) is 18.0 Å². The standard InChI is InChI=1S/C24H26F2N4O2/c1-4-13-29-16(2)20-22(28(3)24(29)31)27-21(30(20)15-17-9-6-5-7-10-17)18-11-8-12-19(14-18)32-23(25)26/h5-7,9-11,14,23H,2,4,8,12-13,15H2,1,3H3. The van der Waals surface area contributed by atoms with Crippen LogP contribution in [0.15, 0.2) is 54.8 Å². The zero-order valence-electron chi connectivity index (χ0n) is 18.2. The molecular weight excluding hydrogens is 414 g/mol. The lowest BCUT2D eigenvalue weighted by atomic mass is 10.0. The summed E-state index contributed by atoms with van der Waals surface area (Å²) in [5, 5.41) is 0. The van der Waals surface area contributed by atoms with E-state index >= 15 is 0 Å². The number of ether oxygens (including phenoxy) is 1. The van der Waals surface area contributed by atoms with Crippen LogP contribution in [0.2, 0.25) is 0 Å². The zero-order valence-corrected chi connectivity index (χ0v) is 18.2. The Kier molecular flexibility index (Phi) is 6.12. The molecule has 1 aliphatic heterocycles. The lowest BCUT2D eigenvalue weighted by Crippen LogP contribution is -2.44. The molecule has 0 atom stereocenters. The highest BCUT2D eigenvalue weighted by atomic mass is 19.3. The van der Waals surface area contributed by atoms with Crippen LogP contribution in [0.4, 0.5) is 19.4 Å². The molecule has 2 heterocycles. The third kappa shape index (κ3) is 4.04. The van der Waals surface area contributed by atoms with Crippen LogP contribution in [0.25, 0.3) is 11.3 Å². The highest BCUT2D eigenvalue weighted by Crippen LogP contribution is 2.38. The Balaban J connectivity index is 1.85. The molecule has 0 fully saturated rings. The van der Waals surface area contributed by atoms with Crippen LogP contribution in [0.5, 0.6) is 0 Å². The summed E-state index contributed by atoms with van der Waals surface area (Å²) in [6.07, 6.45) is 5.33. The molecule has 8 heteroatoms. The first kappa shape index (κ1) is 21.8. The summed E-state index contributed by atoms with van der Waals surface area (Å²) in [6, 6.07) is 9.70. The van der Waals surface area contributed by atoms with Crippen LogP contribution < -0.4 is 4.90 Å². The third-order valence-electron chi connectivity index (χ3n) is 5.58. The largest absolute Gasteiger partial charge is 0.439 e. The number of carbonyl (C=O) groups excluding carboxylic acids is 1. The van der Waals surface area contributed by atoms with E-state index in [0.29, 0.717) is 48.8 Å². The Morgan fingerprint density at radius 3 is 2.69 bits per heavy atom. The summed E-state index contributed by atoms with van der Waals surface area (Å²) in [7, 11) is 1.69. The van der Waals surface area contributed by atoms with Gasteiger partial charge in [0.25, 0.3) is 0 Å². The second kappa shape index (κ2) is 8.98. The van der Waals surface area contributed by atoms with Gasteiger partial charge in [-0.2, -0.15) is 8.78 Å².